The summed E-state index contributed by atoms with van der Waals surface area (Å²) in [5, 5.41) is 3.63. The van der Waals surface area contributed by atoms with Gasteiger partial charge in [-0.25, -0.2) is 0 Å². The molecule has 2 nitrogen and oxygen atoms in total. The van der Waals surface area contributed by atoms with Crippen LogP contribution in [0.5, 0.6) is 0 Å². The average Bonchev–Trinajstić information content (AvgIpc) is 2.26. The van der Waals surface area contributed by atoms with E-state index in [0.717, 1.165) is 19.5 Å². The van der Waals surface area contributed by atoms with Crippen molar-refractivity contribution in [1.29, 1.82) is 0 Å². The summed E-state index contributed by atoms with van der Waals surface area (Å²) in [5.74, 6) is 0.546. The highest BCUT2D eigenvalue weighted by atomic mass is 14.9. The van der Waals surface area contributed by atoms with Gasteiger partial charge in [0.1, 0.15) is 0 Å². The summed E-state index contributed by atoms with van der Waals surface area (Å²) in [5.41, 5.74) is 9.93. The molecule has 1 aromatic carbocycles. The van der Waals surface area contributed by atoms with Gasteiger partial charge in [-0.2, -0.15) is 0 Å². The molecule has 2 heteroatoms. The van der Waals surface area contributed by atoms with Crippen molar-refractivity contribution >= 4 is 5.69 Å². The molecule has 0 unspecified atom stereocenters. The second-order valence-electron chi connectivity index (χ2n) is 6.25. The van der Waals surface area contributed by atoms with E-state index in [9.17, 15) is 0 Å². The van der Waals surface area contributed by atoms with Crippen molar-refractivity contribution in [1.82, 2.24) is 0 Å². The van der Waals surface area contributed by atoms with Crippen LogP contribution in [0.4, 0.5) is 5.69 Å². The minimum absolute atomic E-state index is 0.241. The van der Waals surface area contributed by atoms with Crippen molar-refractivity contribution in [2.24, 2.45) is 11.1 Å². The molecule has 0 aliphatic carbocycles. The standard InChI is InChI=1S/C16H28N2/c1-12(2)14-8-6-7-13(3)15(14)18-11-16(4,5)9-10-17/h6-8,12,18H,9-11,17H2,1-5H3. The Balaban J connectivity index is 2.84. The highest BCUT2D eigenvalue weighted by Gasteiger charge is 2.18. The molecule has 1 aromatic rings. The number of nitrogens with two attached hydrogens (primary N) is 1. The van der Waals surface area contributed by atoms with E-state index >= 15 is 0 Å². The number of hydrogen-bond acceptors (Lipinski definition) is 2. The van der Waals surface area contributed by atoms with E-state index in [4.69, 9.17) is 5.73 Å². The molecule has 0 aliphatic rings. The van der Waals surface area contributed by atoms with Crippen molar-refractivity contribution < 1.29 is 0 Å². The lowest BCUT2D eigenvalue weighted by Gasteiger charge is -2.27. The quantitative estimate of drug-likeness (QED) is 0.801. The lowest BCUT2D eigenvalue weighted by atomic mass is 9.88. The first-order valence-electron chi connectivity index (χ1n) is 6.91. The highest BCUT2D eigenvalue weighted by molar-refractivity contribution is 5.58. The number of aryl methyl sites for hydroxylation is 1. The molecule has 1 rings (SSSR count). The van der Waals surface area contributed by atoms with E-state index in [1.165, 1.54) is 16.8 Å². The van der Waals surface area contributed by atoms with Gasteiger partial charge in [-0.1, -0.05) is 45.9 Å². The summed E-state index contributed by atoms with van der Waals surface area (Å²) in [6.45, 7) is 12.9. The summed E-state index contributed by atoms with van der Waals surface area (Å²) < 4.78 is 0. The number of anilines is 1. The summed E-state index contributed by atoms with van der Waals surface area (Å²) in [4.78, 5) is 0. The van der Waals surface area contributed by atoms with Crippen molar-refractivity contribution in [3.63, 3.8) is 0 Å². The average molecular weight is 248 g/mol. The van der Waals surface area contributed by atoms with Crippen LogP contribution in [0, 0.1) is 12.3 Å². The second kappa shape index (κ2) is 6.24. The van der Waals surface area contributed by atoms with Gasteiger partial charge in [0.25, 0.3) is 0 Å². The third-order valence-corrected chi connectivity index (χ3v) is 3.49. The van der Waals surface area contributed by atoms with Crippen LogP contribution in [0.3, 0.4) is 0 Å². The Bertz CT molecular complexity index is 381. The van der Waals surface area contributed by atoms with E-state index in [-0.39, 0.29) is 5.41 Å². The molecule has 102 valence electrons. The fourth-order valence-corrected chi connectivity index (χ4v) is 2.22. The lowest BCUT2D eigenvalue weighted by Crippen LogP contribution is -2.26. The van der Waals surface area contributed by atoms with Crippen LogP contribution in [0.25, 0.3) is 0 Å². The fraction of sp³-hybridized carbons (Fsp3) is 0.625. The third kappa shape index (κ3) is 4.02. The van der Waals surface area contributed by atoms with Gasteiger partial charge in [-0.3, -0.25) is 0 Å². The third-order valence-electron chi connectivity index (χ3n) is 3.49. The zero-order chi connectivity index (χ0) is 13.8. The Labute approximate surface area is 112 Å². The predicted octanol–water partition coefficient (Wildman–Crippen LogP) is 3.91. The van der Waals surface area contributed by atoms with E-state index in [1.807, 2.05) is 0 Å². The van der Waals surface area contributed by atoms with E-state index < -0.39 is 0 Å². The van der Waals surface area contributed by atoms with Crippen molar-refractivity contribution in [3.05, 3.63) is 29.3 Å². The van der Waals surface area contributed by atoms with Gasteiger partial charge >= 0.3 is 0 Å². The zero-order valence-electron chi connectivity index (χ0n) is 12.5. The summed E-state index contributed by atoms with van der Waals surface area (Å²) in [6.07, 6.45) is 1.04. The van der Waals surface area contributed by atoms with Gasteiger partial charge in [0.05, 0.1) is 0 Å². The van der Waals surface area contributed by atoms with E-state index in [0.29, 0.717) is 5.92 Å². The first kappa shape index (κ1) is 15.0. The monoisotopic (exact) mass is 248 g/mol. The molecule has 0 fully saturated rings. The first-order chi connectivity index (χ1) is 8.37. The van der Waals surface area contributed by atoms with Gasteiger partial charge in [-0.05, 0) is 42.3 Å². The SMILES string of the molecule is Cc1cccc(C(C)C)c1NCC(C)(C)CCN. The number of nitrogens with one attached hydrogen (secondary N) is 1. The second-order valence-corrected chi connectivity index (χ2v) is 6.25. The molecule has 0 radical (unpaired) electrons. The van der Waals surface area contributed by atoms with Crippen molar-refractivity contribution in [2.75, 3.05) is 18.4 Å². The molecule has 0 bridgehead atoms. The lowest BCUT2D eigenvalue weighted by molar-refractivity contribution is 0.365. The van der Waals surface area contributed by atoms with Crippen molar-refractivity contribution in [2.45, 2.75) is 47.0 Å². The number of para-hydroxylation sites is 1. The predicted molar refractivity (Wildman–Crippen MR) is 81.2 cm³/mol. The Morgan fingerprint density at radius 3 is 2.50 bits per heavy atom. The molecule has 0 saturated heterocycles. The number of benzene rings is 1. The van der Waals surface area contributed by atoms with Crippen LogP contribution in [0.15, 0.2) is 18.2 Å². The molecule has 0 amide bonds. The van der Waals surface area contributed by atoms with Crippen LogP contribution in [0.2, 0.25) is 0 Å². The van der Waals surface area contributed by atoms with Crippen LogP contribution in [0.1, 0.15) is 51.2 Å². The topological polar surface area (TPSA) is 38.0 Å². The van der Waals surface area contributed by atoms with Crippen LogP contribution in [-0.2, 0) is 0 Å². The maximum Gasteiger partial charge on any atom is 0.0405 e. The van der Waals surface area contributed by atoms with Crippen LogP contribution in [-0.4, -0.2) is 13.1 Å². The molecular weight excluding hydrogens is 220 g/mol. The maximum absolute atomic E-state index is 5.66. The van der Waals surface area contributed by atoms with Gasteiger partial charge in [0, 0.05) is 12.2 Å². The van der Waals surface area contributed by atoms with Crippen LogP contribution >= 0.6 is 0 Å². The number of hydrogen-bond donors (Lipinski definition) is 2. The number of rotatable bonds is 6. The molecule has 0 saturated carbocycles. The Hall–Kier alpha value is -1.02. The largest absolute Gasteiger partial charge is 0.384 e. The molecule has 0 spiro atoms. The summed E-state index contributed by atoms with van der Waals surface area (Å²) in [6, 6.07) is 6.53. The summed E-state index contributed by atoms with van der Waals surface area (Å²) >= 11 is 0. The molecule has 18 heavy (non-hydrogen) atoms. The summed E-state index contributed by atoms with van der Waals surface area (Å²) in [7, 11) is 0. The molecule has 0 heterocycles. The smallest absolute Gasteiger partial charge is 0.0405 e. The molecule has 0 atom stereocenters. The Kier molecular flexibility index (Phi) is 5.21. The Morgan fingerprint density at radius 2 is 1.94 bits per heavy atom. The van der Waals surface area contributed by atoms with Crippen LogP contribution < -0.4 is 11.1 Å². The minimum Gasteiger partial charge on any atom is -0.384 e. The Morgan fingerprint density at radius 1 is 1.28 bits per heavy atom. The first-order valence-corrected chi connectivity index (χ1v) is 6.91. The molecule has 0 aliphatic heterocycles. The van der Waals surface area contributed by atoms with Gasteiger partial charge < -0.3 is 11.1 Å². The van der Waals surface area contributed by atoms with Gasteiger partial charge in [-0.15, -0.1) is 0 Å². The molecule has 3 N–H and O–H groups in total. The molecular formula is C16H28N2. The maximum atomic E-state index is 5.66. The zero-order valence-corrected chi connectivity index (χ0v) is 12.5. The van der Waals surface area contributed by atoms with E-state index in [2.05, 4.69) is 58.1 Å². The minimum atomic E-state index is 0.241. The normalized spacial score (nSPS) is 11.9. The highest BCUT2D eigenvalue weighted by Crippen LogP contribution is 2.29. The molecule has 0 aromatic heterocycles. The van der Waals surface area contributed by atoms with Crippen molar-refractivity contribution in [3.8, 4) is 0 Å². The van der Waals surface area contributed by atoms with Gasteiger partial charge in [0.2, 0.25) is 0 Å². The van der Waals surface area contributed by atoms with E-state index in [1.54, 1.807) is 0 Å². The fourth-order valence-electron chi connectivity index (χ4n) is 2.22. The van der Waals surface area contributed by atoms with Gasteiger partial charge in [0.15, 0.2) is 0 Å².